The normalized spacial score (nSPS) is 20.5. The number of carbonyl (C=O) groups excluding carboxylic acids is 1. The molecule has 1 rings (SSSR count). The molecule has 0 spiro atoms. The predicted molar refractivity (Wildman–Crippen MR) is 73.9 cm³/mol. The van der Waals surface area contributed by atoms with Crippen LogP contribution in [0, 0.1) is 11.3 Å². The van der Waals surface area contributed by atoms with Gasteiger partial charge >= 0.3 is 5.97 Å². The number of nitrogens with one attached hydrogen (secondary N) is 1. The van der Waals surface area contributed by atoms with Crippen LogP contribution in [-0.4, -0.2) is 48.6 Å². The topological polar surface area (TPSA) is 69.6 Å². The first-order valence-corrected chi connectivity index (χ1v) is 7.12. The van der Waals surface area contributed by atoms with Crippen LogP contribution >= 0.6 is 0 Å². The lowest BCUT2D eigenvalue weighted by Crippen LogP contribution is -2.38. The summed E-state index contributed by atoms with van der Waals surface area (Å²) >= 11 is 0. The first kappa shape index (κ1) is 16.0. The van der Waals surface area contributed by atoms with Gasteiger partial charge in [0.25, 0.3) is 0 Å². The van der Waals surface area contributed by atoms with Crippen LogP contribution in [0.2, 0.25) is 0 Å². The monoisotopic (exact) mass is 270 g/mol. The third kappa shape index (κ3) is 4.20. The molecule has 1 saturated heterocycles. The molecule has 1 unspecified atom stereocenters. The minimum Gasteiger partial charge on any atom is -0.481 e. The van der Waals surface area contributed by atoms with Crippen molar-refractivity contribution in [1.29, 1.82) is 0 Å². The van der Waals surface area contributed by atoms with Gasteiger partial charge in [0, 0.05) is 19.5 Å². The summed E-state index contributed by atoms with van der Waals surface area (Å²) < 4.78 is 0. The summed E-state index contributed by atoms with van der Waals surface area (Å²) in [6.07, 6.45) is 2.15. The molecule has 1 fully saturated rings. The molecular weight excluding hydrogens is 244 g/mol. The van der Waals surface area contributed by atoms with Gasteiger partial charge in [-0.2, -0.15) is 0 Å². The Labute approximate surface area is 115 Å². The maximum atomic E-state index is 11.9. The highest BCUT2D eigenvalue weighted by atomic mass is 16.4. The van der Waals surface area contributed by atoms with Crippen LogP contribution in [0.3, 0.4) is 0 Å². The Morgan fingerprint density at radius 3 is 2.42 bits per heavy atom. The van der Waals surface area contributed by atoms with Crippen molar-refractivity contribution in [3.63, 3.8) is 0 Å². The van der Waals surface area contributed by atoms with Crippen LogP contribution in [0.1, 0.15) is 39.5 Å². The van der Waals surface area contributed by atoms with E-state index < -0.39 is 11.4 Å². The molecule has 110 valence electrons. The highest BCUT2D eigenvalue weighted by Gasteiger charge is 2.37. The molecule has 0 aromatic heterocycles. The van der Waals surface area contributed by atoms with Crippen LogP contribution in [-0.2, 0) is 9.59 Å². The standard InChI is InChI=1S/C14H26N2O3/c1-4-14(5-2,13(18)19)8-12(17)15-9-11-6-7-16(3)10-11/h11H,4-10H2,1-3H3,(H,15,17)(H,18,19). The SMILES string of the molecule is CCC(CC)(CC(=O)NCC1CCN(C)C1)C(=O)O. The van der Waals surface area contributed by atoms with Crippen molar-refractivity contribution in [1.82, 2.24) is 10.2 Å². The zero-order valence-electron chi connectivity index (χ0n) is 12.2. The van der Waals surface area contributed by atoms with Gasteiger partial charge in [0.1, 0.15) is 0 Å². The number of likely N-dealkylation sites (tertiary alicyclic amines) is 1. The summed E-state index contributed by atoms with van der Waals surface area (Å²) in [5.41, 5.74) is -0.906. The molecule has 1 amide bonds. The Bertz CT molecular complexity index is 327. The van der Waals surface area contributed by atoms with E-state index in [-0.39, 0.29) is 12.3 Å². The third-order valence-electron chi connectivity index (χ3n) is 4.38. The maximum Gasteiger partial charge on any atom is 0.310 e. The Kier molecular flexibility index (Phi) is 5.79. The Morgan fingerprint density at radius 1 is 1.37 bits per heavy atom. The largest absolute Gasteiger partial charge is 0.481 e. The van der Waals surface area contributed by atoms with Crippen LogP contribution in [0.5, 0.6) is 0 Å². The number of nitrogens with zero attached hydrogens (tertiary/aromatic N) is 1. The summed E-state index contributed by atoms with van der Waals surface area (Å²) in [6, 6.07) is 0. The molecule has 0 aromatic carbocycles. The van der Waals surface area contributed by atoms with Crippen molar-refractivity contribution in [2.24, 2.45) is 11.3 Å². The molecule has 0 radical (unpaired) electrons. The lowest BCUT2D eigenvalue weighted by atomic mass is 9.79. The highest BCUT2D eigenvalue weighted by Crippen LogP contribution is 2.30. The van der Waals surface area contributed by atoms with E-state index in [1.165, 1.54) is 0 Å². The van der Waals surface area contributed by atoms with Gasteiger partial charge in [-0.3, -0.25) is 9.59 Å². The molecule has 0 aliphatic carbocycles. The molecule has 1 atom stereocenters. The third-order valence-corrected chi connectivity index (χ3v) is 4.38. The van der Waals surface area contributed by atoms with Crippen molar-refractivity contribution in [2.45, 2.75) is 39.5 Å². The van der Waals surface area contributed by atoms with Crippen molar-refractivity contribution >= 4 is 11.9 Å². The van der Waals surface area contributed by atoms with Gasteiger partial charge in [-0.25, -0.2) is 0 Å². The van der Waals surface area contributed by atoms with Gasteiger partial charge in [-0.15, -0.1) is 0 Å². The van der Waals surface area contributed by atoms with E-state index >= 15 is 0 Å². The Hall–Kier alpha value is -1.10. The minimum absolute atomic E-state index is 0.0812. The Balaban J connectivity index is 2.43. The number of carboxylic acid groups (broad SMARTS) is 1. The fourth-order valence-corrected chi connectivity index (χ4v) is 2.70. The number of amides is 1. The van der Waals surface area contributed by atoms with E-state index in [1.807, 2.05) is 13.8 Å². The molecule has 1 aliphatic rings. The molecule has 2 N–H and O–H groups in total. The van der Waals surface area contributed by atoms with Crippen LogP contribution < -0.4 is 5.32 Å². The van der Waals surface area contributed by atoms with E-state index in [4.69, 9.17) is 0 Å². The van der Waals surface area contributed by atoms with E-state index in [1.54, 1.807) is 0 Å². The molecule has 5 heteroatoms. The Morgan fingerprint density at radius 2 is 2.00 bits per heavy atom. The average Bonchev–Trinajstić information content (AvgIpc) is 2.79. The molecule has 0 saturated carbocycles. The first-order chi connectivity index (χ1) is 8.93. The number of rotatable bonds is 7. The molecular formula is C14H26N2O3. The molecule has 5 nitrogen and oxygen atoms in total. The quantitative estimate of drug-likeness (QED) is 0.732. The van der Waals surface area contributed by atoms with Crippen LogP contribution in [0.4, 0.5) is 0 Å². The van der Waals surface area contributed by atoms with Gasteiger partial charge in [0.2, 0.25) is 5.91 Å². The van der Waals surface area contributed by atoms with Crippen LogP contribution in [0.25, 0.3) is 0 Å². The number of aliphatic carboxylic acids is 1. The predicted octanol–water partition coefficient (Wildman–Crippen LogP) is 1.34. The zero-order chi connectivity index (χ0) is 14.5. The van der Waals surface area contributed by atoms with Gasteiger partial charge < -0.3 is 15.3 Å². The summed E-state index contributed by atoms with van der Waals surface area (Å²) in [7, 11) is 2.07. The highest BCUT2D eigenvalue weighted by molar-refractivity contribution is 5.84. The number of hydrogen-bond acceptors (Lipinski definition) is 3. The first-order valence-electron chi connectivity index (χ1n) is 7.12. The average molecular weight is 270 g/mol. The minimum atomic E-state index is -0.906. The summed E-state index contributed by atoms with van der Waals surface area (Å²) in [4.78, 5) is 25.5. The summed E-state index contributed by atoms with van der Waals surface area (Å²) in [5.74, 6) is -0.509. The van der Waals surface area contributed by atoms with Gasteiger partial charge in [0.15, 0.2) is 0 Å². The van der Waals surface area contributed by atoms with Crippen molar-refractivity contribution < 1.29 is 14.7 Å². The lowest BCUT2D eigenvalue weighted by Gasteiger charge is -2.26. The van der Waals surface area contributed by atoms with E-state index in [0.717, 1.165) is 19.5 Å². The van der Waals surface area contributed by atoms with Crippen molar-refractivity contribution in [2.75, 3.05) is 26.7 Å². The van der Waals surface area contributed by atoms with Gasteiger partial charge in [0.05, 0.1) is 5.41 Å². The maximum absolute atomic E-state index is 11.9. The number of hydrogen-bond donors (Lipinski definition) is 2. The second-order valence-corrected chi connectivity index (χ2v) is 5.69. The van der Waals surface area contributed by atoms with E-state index in [2.05, 4.69) is 17.3 Å². The second kappa shape index (κ2) is 6.89. The molecule has 0 bridgehead atoms. The molecule has 1 aliphatic heterocycles. The second-order valence-electron chi connectivity index (χ2n) is 5.69. The zero-order valence-corrected chi connectivity index (χ0v) is 12.2. The molecule has 19 heavy (non-hydrogen) atoms. The fraction of sp³-hybridized carbons (Fsp3) is 0.857. The van der Waals surface area contributed by atoms with E-state index in [9.17, 15) is 14.7 Å². The summed E-state index contributed by atoms with van der Waals surface area (Å²) in [5, 5.41) is 12.2. The number of carboxylic acids is 1. The molecule has 0 aromatic rings. The molecule has 1 heterocycles. The van der Waals surface area contributed by atoms with Crippen molar-refractivity contribution in [3.05, 3.63) is 0 Å². The van der Waals surface area contributed by atoms with Gasteiger partial charge in [-0.1, -0.05) is 13.8 Å². The number of carbonyl (C=O) groups is 2. The van der Waals surface area contributed by atoms with Gasteiger partial charge in [-0.05, 0) is 38.8 Å². The fourth-order valence-electron chi connectivity index (χ4n) is 2.70. The summed E-state index contributed by atoms with van der Waals surface area (Å²) in [6.45, 7) is 6.40. The van der Waals surface area contributed by atoms with Crippen molar-refractivity contribution in [3.8, 4) is 0 Å². The van der Waals surface area contributed by atoms with E-state index in [0.29, 0.717) is 25.3 Å². The smallest absolute Gasteiger partial charge is 0.310 e. The van der Waals surface area contributed by atoms with Crippen LogP contribution in [0.15, 0.2) is 0 Å². The lowest BCUT2D eigenvalue weighted by molar-refractivity contribution is -0.152.